The summed E-state index contributed by atoms with van der Waals surface area (Å²) in [5.74, 6) is 0.0762. The van der Waals surface area contributed by atoms with Crippen molar-refractivity contribution in [2.24, 2.45) is 5.92 Å². The zero-order valence-corrected chi connectivity index (χ0v) is 17.2. The highest BCUT2D eigenvalue weighted by atomic mass is 19.4. The van der Waals surface area contributed by atoms with E-state index in [0.717, 1.165) is 37.3 Å². The number of aromatic nitrogens is 3. The van der Waals surface area contributed by atoms with Crippen LogP contribution in [0.25, 0.3) is 11.4 Å². The molecule has 0 saturated heterocycles. The maximum absolute atomic E-state index is 13.4. The Labute approximate surface area is 183 Å². The molecule has 0 spiro atoms. The van der Waals surface area contributed by atoms with Gasteiger partial charge in [-0.2, -0.15) is 13.2 Å². The second kappa shape index (κ2) is 9.33. The minimum absolute atomic E-state index is 0.0141. The van der Waals surface area contributed by atoms with Crippen molar-refractivity contribution >= 4 is 17.4 Å². The summed E-state index contributed by atoms with van der Waals surface area (Å²) in [6, 6.07) is 11.2. The van der Waals surface area contributed by atoms with Gasteiger partial charge in [0.1, 0.15) is 5.82 Å². The van der Waals surface area contributed by atoms with Crippen molar-refractivity contribution in [3.8, 4) is 11.4 Å². The molecule has 1 amide bonds. The van der Waals surface area contributed by atoms with Crippen molar-refractivity contribution in [1.82, 2.24) is 15.0 Å². The highest BCUT2D eigenvalue weighted by molar-refractivity contribution is 5.92. The first-order chi connectivity index (χ1) is 15.4. The van der Waals surface area contributed by atoms with Crippen molar-refractivity contribution < 1.29 is 18.0 Å². The number of nitrogens with one attached hydrogen (secondary N) is 2. The fourth-order valence-corrected chi connectivity index (χ4v) is 3.70. The predicted octanol–water partition coefficient (Wildman–Crippen LogP) is 5.30. The molecule has 0 atom stereocenters. The summed E-state index contributed by atoms with van der Waals surface area (Å²) in [5.41, 5.74) is 0.870. The van der Waals surface area contributed by atoms with Gasteiger partial charge >= 0.3 is 6.18 Å². The van der Waals surface area contributed by atoms with E-state index in [1.54, 1.807) is 30.3 Å². The Morgan fingerprint density at radius 1 is 1.03 bits per heavy atom. The first-order valence-corrected chi connectivity index (χ1v) is 10.4. The van der Waals surface area contributed by atoms with Crippen LogP contribution < -0.4 is 10.6 Å². The molecule has 1 saturated carbocycles. The van der Waals surface area contributed by atoms with Gasteiger partial charge in [0.15, 0.2) is 11.5 Å². The zero-order chi connectivity index (χ0) is 22.6. The number of hydrogen-bond donors (Lipinski definition) is 2. The number of carbonyl (C=O) groups excluding carboxylic acids is 1. The minimum atomic E-state index is -4.61. The number of nitrogens with zero attached hydrogens (tertiary/aromatic N) is 3. The Hall–Kier alpha value is -3.49. The number of benzene rings is 1. The highest BCUT2D eigenvalue weighted by Gasteiger charge is 2.34. The van der Waals surface area contributed by atoms with E-state index in [1.165, 1.54) is 12.4 Å². The highest BCUT2D eigenvalue weighted by Crippen LogP contribution is 2.31. The van der Waals surface area contributed by atoms with Gasteiger partial charge in [0.25, 0.3) is 0 Å². The molecule has 6 nitrogen and oxygen atoms in total. The molecular formula is C23H22F3N5O. The summed E-state index contributed by atoms with van der Waals surface area (Å²) >= 11 is 0. The third kappa shape index (κ3) is 5.40. The molecule has 3 aromatic rings. The number of amides is 1. The molecule has 0 unspecified atom stereocenters. The standard InChI is InChI=1S/C23H22F3N5O/c24-23(25,26)19-13-20(31-21(30-19)16-8-10-27-11-9-16)28-14-15-4-3-7-18(12-15)29-22(32)17-5-1-2-6-17/h3-4,7-13,17H,1-2,5-6,14H2,(H,29,32)(H,28,30,31). The summed E-state index contributed by atoms with van der Waals surface area (Å²) in [7, 11) is 0. The van der Waals surface area contributed by atoms with E-state index in [1.807, 2.05) is 6.07 Å². The van der Waals surface area contributed by atoms with Crippen molar-refractivity contribution in [2.45, 2.75) is 38.4 Å². The average Bonchev–Trinajstić information content (AvgIpc) is 3.33. The fraction of sp³-hybridized carbons (Fsp3) is 0.304. The van der Waals surface area contributed by atoms with Crippen molar-refractivity contribution in [1.29, 1.82) is 0 Å². The van der Waals surface area contributed by atoms with Crippen LogP contribution in [0.4, 0.5) is 24.7 Å². The number of carbonyl (C=O) groups is 1. The van der Waals surface area contributed by atoms with Gasteiger partial charge in [0.05, 0.1) is 0 Å². The lowest BCUT2D eigenvalue weighted by molar-refractivity contribution is -0.141. The van der Waals surface area contributed by atoms with Gasteiger partial charge in [-0.1, -0.05) is 25.0 Å². The molecule has 1 aliphatic rings. The van der Waals surface area contributed by atoms with Gasteiger partial charge in [0, 0.05) is 42.2 Å². The lowest BCUT2D eigenvalue weighted by Gasteiger charge is -2.13. The Balaban J connectivity index is 1.50. The van der Waals surface area contributed by atoms with E-state index in [4.69, 9.17) is 0 Å². The van der Waals surface area contributed by atoms with Crippen LogP contribution in [0.2, 0.25) is 0 Å². The number of hydrogen-bond acceptors (Lipinski definition) is 5. The average molecular weight is 441 g/mol. The SMILES string of the molecule is O=C(Nc1cccc(CNc2cc(C(F)(F)F)nc(-c3ccncc3)n2)c1)C1CCCC1. The van der Waals surface area contributed by atoms with Crippen LogP contribution in [0.15, 0.2) is 54.9 Å². The molecule has 4 rings (SSSR count). The summed E-state index contributed by atoms with van der Waals surface area (Å²) < 4.78 is 40.1. The molecule has 2 N–H and O–H groups in total. The Bertz CT molecular complexity index is 1080. The van der Waals surface area contributed by atoms with Gasteiger partial charge in [-0.25, -0.2) is 9.97 Å². The molecular weight excluding hydrogens is 419 g/mol. The summed E-state index contributed by atoms with van der Waals surface area (Å²) in [6.45, 7) is 0.233. The summed E-state index contributed by atoms with van der Waals surface area (Å²) in [6.07, 6.45) is 2.29. The normalized spacial score (nSPS) is 14.3. The van der Waals surface area contributed by atoms with E-state index >= 15 is 0 Å². The Morgan fingerprint density at radius 3 is 2.50 bits per heavy atom. The van der Waals surface area contributed by atoms with Gasteiger partial charge in [0.2, 0.25) is 5.91 Å². The molecule has 166 valence electrons. The minimum Gasteiger partial charge on any atom is -0.366 e. The number of rotatable bonds is 6. The van der Waals surface area contributed by atoms with Crippen molar-refractivity contribution in [3.63, 3.8) is 0 Å². The van der Waals surface area contributed by atoms with Crippen LogP contribution in [0.3, 0.4) is 0 Å². The maximum atomic E-state index is 13.4. The van der Waals surface area contributed by atoms with Crippen molar-refractivity contribution in [2.75, 3.05) is 10.6 Å². The molecule has 1 fully saturated rings. The first kappa shape index (κ1) is 21.7. The largest absolute Gasteiger partial charge is 0.433 e. The smallest absolute Gasteiger partial charge is 0.366 e. The maximum Gasteiger partial charge on any atom is 0.433 e. The van der Waals surface area contributed by atoms with E-state index in [0.29, 0.717) is 11.3 Å². The fourth-order valence-electron chi connectivity index (χ4n) is 3.70. The lowest BCUT2D eigenvalue weighted by Crippen LogP contribution is -2.20. The zero-order valence-electron chi connectivity index (χ0n) is 17.2. The van der Waals surface area contributed by atoms with Crippen LogP contribution in [0.5, 0.6) is 0 Å². The number of anilines is 2. The third-order valence-electron chi connectivity index (χ3n) is 5.35. The number of halogens is 3. The molecule has 0 bridgehead atoms. The molecule has 32 heavy (non-hydrogen) atoms. The van der Waals surface area contributed by atoms with Gasteiger partial charge < -0.3 is 10.6 Å². The second-order valence-corrected chi connectivity index (χ2v) is 7.72. The molecule has 9 heteroatoms. The van der Waals surface area contributed by atoms with E-state index in [-0.39, 0.29) is 30.0 Å². The van der Waals surface area contributed by atoms with Crippen LogP contribution in [0.1, 0.15) is 36.9 Å². The molecule has 0 radical (unpaired) electrons. The van der Waals surface area contributed by atoms with E-state index in [2.05, 4.69) is 25.6 Å². The lowest BCUT2D eigenvalue weighted by atomic mass is 10.1. The molecule has 2 heterocycles. The predicted molar refractivity (Wildman–Crippen MR) is 115 cm³/mol. The summed E-state index contributed by atoms with van der Waals surface area (Å²) in [5, 5.41) is 5.87. The van der Waals surface area contributed by atoms with Crippen LogP contribution >= 0.6 is 0 Å². The summed E-state index contributed by atoms with van der Waals surface area (Å²) in [4.78, 5) is 24.1. The van der Waals surface area contributed by atoms with Crippen LogP contribution in [-0.4, -0.2) is 20.9 Å². The van der Waals surface area contributed by atoms with Crippen LogP contribution in [0, 0.1) is 5.92 Å². The number of alkyl halides is 3. The quantitative estimate of drug-likeness (QED) is 0.543. The second-order valence-electron chi connectivity index (χ2n) is 7.72. The first-order valence-electron chi connectivity index (χ1n) is 10.4. The molecule has 2 aromatic heterocycles. The Kier molecular flexibility index (Phi) is 6.34. The van der Waals surface area contributed by atoms with Gasteiger partial charge in [-0.15, -0.1) is 0 Å². The van der Waals surface area contributed by atoms with Gasteiger partial charge in [-0.3, -0.25) is 9.78 Å². The third-order valence-corrected chi connectivity index (χ3v) is 5.35. The Morgan fingerprint density at radius 2 is 1.78 bits per heavy atom. The van der Waals surface area contributed by atoms with Crippen LogP contribution in [-0.2, 0) is 17.5 Å². The van der Waals surface area contributed by atoms with E-state index < -0.39 is 11.9 Å². The van der Waals surface area contributed by atoms with Gasteiger partial charge in [-0.05, 0) is 42.7 Å². The molecule has 1 aliphatic carbocycles. The molecule has 1 aromatic carbocycles. The molecule has 0 aliphatic heterocycles. The topological polar surface area (TPSA) is 79.8 Å². The number of pyridine rings is 1. The monoisotopic (exact) mass is 441 g/mol. The van der Waals surface area contributed by atoms with E-state index in [9.17, 15) is 18.0 Å². The van der Waals surface area contributed by atoms with Crippen molar-refractivity contribution in [3.05, 3.63) is 66.1 Å².